The molecule has 3 rings (SSSR count). The smallest absolute Gasteiger partial charge is 0.268 e. The van der Waals surface area contributed by atoms with Crippen molar-refractivity contribution >= 4 is 35.1 Å². The summed E-state index contributed by atoms with van der Waals surface area (Å²) in [5.41, 5.74) is 0.503. The molecule has 2 heterocycles. The summed E-state index contributed by atoms with van der Waals surface area (Å²) in [5, 5.41) is 3.09. The standard InChI is InChI=1S/C18H19F2N3O3S2/c1-10-7-14-16(28-10)17(25)23(5-6-26-2)18(22-14)27-9-15(24)21-13-4-3-11(19)8-12(13)20/h3-4,8,10H,5-7,9H2,1-2H3,(H,21,24)/t10-/m0/s1. The van der Waals surface area contributed by atoms with Crippen molar-refractivity contribution in [3.8, 4) is 0 Å². The SMILES string of the molecule is COCCn1c(SCC(=O)Nc2ccc(F)cc2F)nc2c(c1=O)S[C@@H](C)C2. The lowest BCUT2D eigenvalue weighted by atomic mass is 10.2. The van der Waals surface area contributed by atoms with E-state index < -0.39 is 17.5 Å². The second kappa shape index (κ2) is 9.06. The molecule has 1 atom stereocenters. The molecule has 1 aromatic carbocycles. The quantitative estimate of drug-likeness (QED) is 0.541. The van der Waals surface area contributed by atoms with E-state index in [4.69, 9.17) is 4.74 Å². The number of nitrogens with one attached hydrogen (secondary N) is 1. The number of methoxy groups -OCH3 is 1. The van der Waals surface area contributed by atoms with Gasteiger partial charge in [0.1, 0.15) is 11.6 Å². The van der Waals surface area contributed by atoms with Crippen LogP contribution in [0.4, 0.5) is 14.5 Å². The Labute approximate surface area is 169 Å². The molecule has 10 heteroatoms. The largest absolute Gasteiger partial charge is 0.383 e. The number of anilines is 1. The van der Waals surface area contributed by atoms with Gasteiger partial charge in [-0.25, -0.2) is 13.8 Å². The number of fused-ring (bicyclic) bond motifs is 1. The fraction of sp³-hybridized carbons (Fsp3) is 0.389. The Bertz CT molecular complexity index is 952. The van der Waals surface area contributed by atoms with Crippen molar-refractivity contribution in [3.05, 3.63) is 45.9 Å². The first-order valence-corrected chi connectivity index (χ1v) is 10.4. The minimum absolute atomic E-state index is 0.0717. The topological polar surface area (TPSA) is 73.2 Å². The number of hydrogen-bond acceptors (Lipinski definition) is 6. The summed E-state index contributed by atoms with van der Waals surface area (Å²) < 4.78 is 33.2. The van der Waals surface area contributed by atoms with Crippen LogP contribution in [0.15, 0.2) is 33.0 Å². The van der Waals surface area contributed by atoms with Gasteiger partial charge in [-0.05, 0) is 12.1 Å². The lowest BCUT2D eigenvalue weighted by Crippen LogP contribution is -2.27. The number of benzene rings is 1. The second-order valence-electron chi connectivity index (χ2n) is 6.21. The fourth-order valence-corrected chi connectivity index (χ4v) is 4.69. The lowest BCUT2D eigenvalue weighted by molar-refractivity contribution is -0.113. The first-order chi connectivity index (χ1) is 13.4. The van der Waals surface area contributed by atoms with Crippen molar-refractivity contribution in [2.75, 3.05) is 24.8 Å². The average molecular weight is 427 g/mol. The Balaban J connectivity index is 1.75. The van der Waals surface area contributed by atoms with E-state index in [9.17, 15) is 18.4 Å². The highest BCUT2D eigenvalue weighted by atomic mass is 32.2. The summed E-state index contributed by atoms with van der Waals surface area (Å²) in [5.74, 6) is -2.12. The third-order valence-electron chi connectivity index (χ3n) is 4.02. The molecule has 28 heavy (non-hydrogen) atoms. The Kier molecular flexibility index (Phi) is 6.73. The van der Waals surface area contributed by atoms with Crippen LogP contribution in [0.25, 0.3) is 0 Å². The number of ether oxygens (including phenoxy) is 1. The van der Waals surface area contributed by atoms with Crippen LogP contribution < -0.4 is 10.9 Å². The normalized spacial score (nSPS) is 15.5. The van der Waals surface area contributed by atoms with Crippen molar-refractivity contribution in [2.45, 2.75) is 35.2 Å². The van der Waals surface area contributed by atoms with E-state index in [1.807, 2.05) is 6.92 Å². The third kappa shape index (κ3) is 4.73. The van der Waals surface area contributed by atoms with Crippen LogP contribution in [-0.2, 0) is 22.5 Å². The van der Waals surface area contributed by atoms with E-state index in [1.165, 1.54) is 16.3 Å². The van der Waals surface area contributed by atoms with Gasteiger partial charge in [-0.2, -0.15) is 0 Å². The zero-order valence-corrected chi connectivity index (χ0v) is 17.0. The Morgan fingerprint density at radius 2 is 2.25 bits per heavy atom. The molecular formula is C18H19F2N3O3S2. The number of hydrogen-bond donors (Lipinski definition) is 1. The maximum absolute atomic E-state index is 13.7. The molecule has 2 aromatic rings. The van der Waals surface area contributed by atoms with E-state index in [0.29, 0.717) is 35.7 Å². The van der Waals surface area contributed by atoms with Gasteiger partial charge < -0.3 is 10.1 Å². The summed E-state index contributed by atoms with van der Waals surface area (Å²) in [6.07, 6.45) is 0.695. The summed E-state index contributed by atoms with van der Waals surface area (Å²) >= 11 is 2.60. The molecule has 0 aliphatic carbocycles. The number of carbonyl (C=O) groups is 1. The summed E-state index contributed by atoms with van der Waals surface area (Å²) in [6.45, 7) is 2.69. The monoisotopic (exact) mass is 427 g/mol. The number of carbonyl (C=O) groups excluding carboxylic acids is 1. The van der Waals surface area contributed by atoms with Crippen LogP contribution in [0.1, 0.15) is 12.6 Å². The predicted octanol–water partition coefficient (Wildman–Crippen LogP) is 2.94. The highest BCUT2D eigenvalue weighted by Gasteiger charge is 2.26. The van der Waals surface area contributed by atoms with Crippen molar-refractivity contribution in [3.63, 3.8) is 0 Å². The number of aromatic nitrogens is 2. The van der Waals surface area contributed by atoms with E-state index in [2.05, 4.69) is 10.3 Å². The Morgan fingerprint density at radius 3 is 2.96 bits per heavy atom. The van der Waals surface area contributed by atoms with Gasteiger partial charge in [0.15, 0.2) is 5.16 Å². The van der Waals surface area contributed by atoms with E-state index >= 15 is 0 Å². The molecule has 1 aromatic heterocycles. The molecule has 0 unspecified atom stereocenters. The van der Waals surface area contributed by atoms with Crippen LogP contribution in [0.5, 0.6) is 0 Å². The van der Waals surface area contributed by atoms with Gasteiger partial charge in [0, 0.05) is 24.8 Å². The lowest BCUT2D eigenvalue weighted by Gasteiger charge is -2.13. The second-order valence-corrected chi connectivity index (χ2v) is 8.60. The molecule has 0 saturated carbocycles. The maximum Gasteiger partial charge on any atom is 0.268 e. The molecule has 1 amide bonds. The minimum Gasteiger partial charge on any atom is -0.383 e. The molecule has 1 aliphatic rings. The number of rotatable bonds is 7. The van der Waals surface area contributed by atoms with Gasteiger partial charge in [0.05, 0.1) is 35.2 Å². The van der Waals surface area contributed by atoms with Gasteiger partial charge in [-0.1, -0.05) is 18.7 Å². The number of thioether (sulfide) groups is 2. The predicted molar refractivity (Wildman–Crippen MR) is 105 cm³/mol. The zero-order valence-electron chi connectivity index (χ0n) is 15.3. The van der Waals surface area contributed by atoms with Gasteiger partial charge in [0.2, 0.25) is 5.91 Å². The molecule has 0 radical (unpaired) electrons. The maximum atomic E-state index is 13.7. The van der Waals surface area contributed by atoms with Gasteiger partial charge >= 0.3 is 0 Å². The fourth-order valence-electron chi connectivity index (χ4n) is 2.73. The zero-order chi connectivity index (χ0) is 20.3. The van der Waals surface area contributed by atoms with Crippen LogP contribution in [0.3, 0.4) is 0 Å². The number of nitrogens with zero attached hydrogens (tertiary/aromatic N) is 2. The summed E-state index contributed by atoms with van der Waals surface area (Å²) in [6, 6.07) is 2.93. The molecule has 0 spiro atoms. The van der Waals surface area contributed by atoms with Crippen molar-refractivity contribution < 1.29 is 18.3 Å². The first kappa shape index (κ1) is 20.8. The van der Waals surface area contributed by atoms with Gasteiger partial charge in [0.25, 0.3) is 5.56 Å². The van der Waals surface area contributed by atoms with Gasteiger partial charge in [-0.3, -0.25) is 14.2 Å². The molecule has 1 N–H and O–H groups in total. The highest BCUT2D eigenvalue weighted by molar-refractivity contribution is 8.00. The molecule has 6 nitrogen and oxygen atoms in total. The summed E-state index contributed by atoms with van der Waals surface area (Å²) in [7, 11) is 1.54. The van der Waals surface area contributed by atoms with Crippen molar-refractivity contribution in [1.29, 1.82) is 0 Å². The molecule has 0 bridgehead atoms. The van der Waals surface area contributed by atoms with Gasteiger partial charge in [-0.15, -0.1) is 11.8 Å². The Morgan fingerprint density at radius 1 is 1.46 bits per heavy atom. The Hall–Kier alpha value is -1.91. The number of halogens is 2. The van der Waals surface area contributed by atoms with Crippen LogP contribution in [0.2, 0.25) is 0 Å². The van der Waals surface area contributed by atoms with Crippen molar-refractivity contribution in [1.82, 2.24) is 9.55 Å². The average Bonchev–Trinajstić information content (AvgIpc) is 3.02. The minimum atomic E-state index is -0.850. The van der Waals surface area contributed by atoms with Crippen LogP contribution >= 0.6 is 23.5 Å². The summed E-state index contributed by atoms with van der Waals surface area (Å²) in [4.78, 5) is 30.2. The van der Waals surface area contributed by atoms with Crippen LogP contribution in [0, 0.1) is 11.6 Å². The third-order valence-corrected chi connectivity index (χ3v) is 6.21. The molecule has 0 fully saturated rings. The van der Waals surface area contributed by atoms with Crippen LogP contribution in [-0.4, -0.2) is 40.2 Å². The molecular weight excluding hydrogens is 408 g/mol. The van der Waals surface area contributed by atoms with E-state index in [-0.39, 0.29) is 22.2 Å². The van der Waals surface area contributed by atoms with E-state index in [1.54, 1.807) is 7.11 Å². The molecule has 150 valence electrons. The number of amides is 1. The van der Waals surface area contributed by atoms with E-state index in [0.717, 1.165) is 29.6 Å². The first-order valence-electron chi connectivity index (χ1n) is 8.56. The molecule has 0 saturated heterocycles. The van der Waals surface area contributed by atoms with Crippen molar-refractivity contribution in [2.24, 2.45) is 0 Å². The highest BCUT2D eigenvalue weighted by Crippen LogP contribution is 2.34. The molecule has 1 aliphatic heterocycles.